The Morgan fingerprint density at radius 2 is 2.20 bits per heavy atom. The van der Waals surface area contributed by atoms with Crippen molar-refractivity contribution < 1.29 is 18.7 Å². The molecule has 20 heavy (non-hydrogen) atoms. The minimum atomic E-state index is -1.21. The molecule has 0 aliphatic carbocycles. The quantitative estimate of drug-likeness (QED) is 0.777. The first-order valence-electron chi connectivity index (χ1n) is 6.41. The van der Waals surface area contributed by atoms with Crippen molar-refractivity contribution >= 4 is 12.4 Å². The third-order valence-corrected chi connectivity index (χ3v) is 3.00. The van der Waals surface area contributed by atoms with Gasteiger partial charge in [-0.05, 0) is 20.8 Å². The molecule has 110 valence electrons. The van der Waals surface area contributed by atoms with Crippen molar-refractivity contribution in [2.75, 3.05) is 13.1 Å². The molecule has 0 saturated carbocycles. The molecule has 0 spiro atoms. The number of imidazole rings is 1. The highest BCUT2D eigenvalue weighted by Gasteiger charge is 2.38. The second-order valence-electron chi connectivity index (χ2n) is 5.83. The van der Waals surface area contributed by atoms with Gasteiger partial charge in [0.25, 0.3) is 0 Å². The maximum Gasteiger partial charge on any atom is 0.410 e. The number of amides is 1. The Morgan fingerprint density at radius 3 is 2.75 bits per heavy atom. The number of aromatic nitrogens is 2. The lowest BCUT2D eigenvalue weighted by molar-refractivity contribution is 0.0281. The fraction of sp³-hybridized carbons (Fsp3) is 0.615. The van der Waals surface area contributed by atoms with Crippen LogP contribution in [0.5, 0.6) is 0 Å². The van der Waals surface area contributed by atoms with Gasteiger partial charge in [-0.1, -0.05) is 0 Å². The first-order valence-corrected chi connectivity index (χ1v) is 6.41. The third kappa shape index (κ3) is 3.15. The van der Waals surface area contributed by atoms with E-state index in [4.69, 9.17) is 4.74 Å². The van der Waals surface area contributed by atoms with Gasteiger partial charge in [-0.3, -0.25) is 4.79 Å². The average Bonchev–Trinajstić information content (AvgIpc) is 2.92. The molecule has 2 heterocycles. The highest BCUT2D eigenvalue weighted by atomic mass is 19.1. The Kier molecular flexibility index (Phi) is 3.78. The summed E-state index contributed by atoms with van der Waals surface area (Å²) in [6.45, 7) is 5.46. The standard InChI is InChI=1S/C13H18FN3O3/c1-13(2,3)20-12(19)16-5-10(14)11(6-16)17-4-9(7-18)15-8-17/h4,7-8,10-11H,5-6H2,1-3H3/t10-,11+/m1/s1. The summed E-state index contributed by atoms with van der Waals surface area (Å²) < 4.78 is 20.8. The molecule has 1 amide bonds. The Hall–Kier alpha value is -1.92. The predicted octanol–water partition coefficient (Wildman–Crippen LogP) is 1.83. The number of ether oxygens (including phenoxy) is 1. The molecule has 6 nitrogen and oxygen atoms in total. The lowest BCUT2D eigenvalue weighted by atomic mass is 10.2. The molecular formula is C13H18FN3O3. The number of hydrogen-bond acceptors (Lipinski definition) is 4. The van der Waals surface area contributed by atoms with Crippen LogP contribution >= 0.6 is 0 Å². The van der Waals surface area contributed by atoms with Crippen molar-refractivity contribution in [2.45, 2.75) is 38.6 Å². The molecule has 0 radical (unpaired) electrons. The number of likely N-dealkylation sites (tertiary alicyclic amines) is 1. The van der Waals surface area contributed by atoms with Crippen LogP contribution in [0.25, 0.3) is 0 Å². The van der Waals surface area contributed by atoms with E-state index < -0.39 is 23.9 Å². The zero-order valence-electron chi connectivity index (χ0n) is 11.7. The summed E-state index contributed by atoms with van der Waals surface area (Å²) in [5.41, 5.74) is -0.367. The number of carbonyl (C=O) groups excluding carboxylic acids is 2. The zero-order chi connectivity index (χ0) is 14.9. The van der Waals surface area contributed by atoms with Crippen LogP contribution in [0.1, 0.15) is 37.3 Å². The van der Waals surface area contributed by atoms with E-state index in [9.17, 15) is 14.0 Å². The zero-order valence-corrected chi connectivity index (χ0v) is 11.7. The molecule has 0 N–H and O–H groups in total. The minimum absolute atomic E-state index is 0.0197. The van der Waals surface area contributed by atoms with E-state index in [0.29, 0.717) is 6.29 Å². The Labute approximate surface area is 116 Å². The first-order chi connectivity index (χ1) is 9.30. The monoisotopic (exact) mass is 283 g/mol. The molecule has 1 aromatic rings. The lowest BCUT2D eigenvalue weighted by Gasteiger charge is -2.24. The molecule has 1 saturated heterocycles. The fourth-order valence-electron chi connectivity index (χ4n) is 2.10. The smallest absolute Gasteiger partial charge is 0.410 e. The molecule has 1 fully saturated rings. The van der Waals surface area contributed by atoms with Gasteiger partial charge in [0.1, 0.15) is 17.5 Å². The predicted molar refractivity (Wildman–Crippen MR) is 69.4 cm³/mol. The molecule has 1 aliphatic heterocycles. The summed E-state index contributed by atoms with van der Waals surface area (Å²) in [4.78, 5) is 27.7. The van der Waals surface area contributed by atoms with Crippen LogP contribution in [0.3, 0.4) is 0 Å². The summed E-state index contributed by atoms with van der Waals surface area (Å²) in [5.74, 6) is 0. The third-order valence-electron chi connectivity index (χ3n) is 3.00. The second kappa shape index (κ2) is 5.22. The topological polar surface area (TPSA) is 64.4 Å². The van der Waals surface area contributed by atoms with Gasteiger partial charge in [0.15, 0.2) is 6.29 Å². The normalized spacial score (nSPS) is 22.9. The number of alkyl halides is 1. The van der Waals surface area contributed by atoms with Gasteiger partial charge in [-0.25, -0.2) is 14.2 Å². The Bertz CT molecular complexity index is 509. The van der Waals surface area contributed by atoms with E-state index in [2.05, 4.69) is 4.98 Å². The van der Waals surface area contributed by atoms with Crippen LogP contribution in [0.4, 0.5) is 9.18 Å². The van der Waals surface area contributed by atoms with Crippen LogP contribution in [0.15, 0.2) is 12.5 Å². The van der Waals surface area contributed by atoms with E-state index in [1.165, 1.54) is 22.0 Å². The molecule has 2 rings (SSSR count). The fourth-order valence-corrected chi connectivity index (χ4v) is 2.10. The van der Waals surface area contributed by atoms with Crippen molar-refractivity contribution in [3.8, 4) is 0 Å². The number of aldehydes is 1. The van der Waals surface area contributed by atoms with Gasteiger partial charge in [-0.2, -0.15) is 0 Å². The van der Waals surface area contributed by atoms with Crippen LogP contribution in [-0.2, 0) is 4.74 Å². The van der Waals surface area contributed by atoms with Crippen molar-refractivity contribution in [1.82, 2.24) is 14.5 Å². The van der Waals surface area contributed by atoms with Crippen molar-refractivity contribution in [2.24, 2.45) is 0 Å². The number of hydrogen-bond donors (Lipinski definition) is 0. The first kappa shape index (κ1) is 14.5. The van der Waals surface area contributed by atoms with E-state index >= 15 is 0 Å². The highest BCUT2D eigenvalue weighted by molar-refractivity contribution is 5.71. The Morgan fingerprint density at radius 1 is 1.50 bits per heavy atom. The van der Waals surface area contributed by atoms with Gasteiger partial charge >= 0.3 is 6.09 Å². The molecular weight excluding hydrogens is 265 g/mol. The lowest BCUT2D eigenvalue weighted by Crippen LogP contribution is -2.35. The minimum Gasteiger partial charge on any atom is -0.444 e. The average molecular weight is 283 g/mol. The van der Waals surface area contributed by atoms with Crippen molar-refractivity contribution in [3.05, 3.63) is 18.2 Å². The largest absolute Gasteiger partial charge is 0.444 e. The molecule has 7 heteroatoms. The Balaban J connectivity index is 2.05. The maximum atomic E-state index is 14.0. The maximum absolute atomic E-state index is 14.0. The van der Waals surface area contributed by atoms with E-state index in [1.807, 2.05) is 0 Å². The number of halogens is 1. The molecule has 0 unspecified atom stereocenters. The van der Waals surface area contributed by atoms with E-state index in [-0.39, 0.29) is 18.8 Å². The highest BCUT2D eigenvalue weighted by Crippen LogP contribution is 2.26. The molecule has 1 aromatic heterocycles. The second-order valence-corrected chi connectivity index (χ2v) is 5.83. The van der Waals surface area contributed by atoms with Crippen LogP contribution in [-0.4, -0.2) is 51.7 Å². The summed E-state index contributed by atoms with van der Waals surface area (Å²) >= 11 is 0. The number of rotatable bonds is 2. The van der Waals surface area contributed by atoms with Crippen LogP contribution in [0.2, 0.25) is 0 Å². The molecule has 0 bridgehead atoms. The number of carbonyl (C=O) groups is 2. The van der Waals surface area contributed by atoms with Gasteiger partial charge < -0.3 is 14.2 Å². The number of nitrogens with zero attached hydrogens (tertiary/aromatic N) is 3. The molecule has 0 aromatic carbocycles. The van der Waals surface area contributed by atoms with Gasteiger partial charge in [0.05, 0.1) is 18.9 Å². The van der Waals surface area contributed by atoms with Crippen LogP contribution < -0.4 is 0 Å². The molecule has 1 aliphatic rings. The van der Waals surface area contributed by atoms with Crippen molar-refractivity contribution in [1.29, 1.82) is 0 Å². The van der Waals surface area contributed by atoms with Gasteiger partial charge in [0.2, 0.25) is 0 Å². The summed E-state index contributed by atoms with van der Waals surface area (Å²) in [5, 5.41) is 0. The van der Waals surface area contributed by atoms with E-state index in [1.54, 1.807) is 20.8 Å². The van der Waals surface area contributed by atoms with Crippen molar-refractivity contribution in [3.63, 3.8) is 0 Å². The van der Waals surface area contributed by atoms with Gasteiger partial charge in [0, 0.05) is 12.7 Å². The van der Waals surface area contributed by atoms with Crippen LogP contribution in [0, 0.1) is 0 Å². The summed E-state index contributed by atoms with van der Waals surface area (Å²) in [6.07, 6.45) is 1.74. The molecule has 2 atom stereocenters. The SMILES string of the molecule is CC(C)(C)OC(=O)N1C[C@@H](F)[C@@H](n2cnc(C=O)c2)C1. The summed E-state index contributed by atoms with van der Waals surface area (Å²) in [7, 11) is 0. The van der Waals surface area contributed by atoms with Gasteiger partial charge in [-0.15, -0.1) is 0 Å². The summed E-state index contributed by atoms with van der Waals surface area (Å²) in [6, 6.07) is -0.538. The van der Waals surface area contributed by atoms with E-state index in [0.717, 1.165) is 0 Å².